The number of allylic oxidation sites excluding steroid dienone is 1. The Morgan fingerprint density at radius 3 is 2.56 bits per heavy atom. The molecule has 34 heavy (non-hydrogen) atoms. The minimum Gasteiger partial charge on any atom is -0.507 e. The molecule has 2 atom stereocenters. The van der Waals surface area contributed by atoms with Crippen molar-refractivity contribution in [3.05, 3.63) is 109 Å². The lowest BCUT2D eigenvalue weighted by molar-refractivity contribution is -0.117. The number of aromatic hydroxyl groups is 1. The molecule has 0 saturated heterocycles. The second kappa shape index (κ2) is 8.10. The lowest BCUT2D eigenvalue weighted by atomic mass is 9.77. The summed E-state index contributed by atoms with van der Waals surface area (Å²) in [6.07, 6.45) is 2.77. The van der Waals surface area contributed by atoms with E-state index in [9.17, 15) is 9.90 Å². The number of hydrogen-bond acceptors (Lipinski definition) is 2. The standard InChI is InChI=1S/C29H21Br2NO2/c1-15-22(30)14-23(31)27-24(15)26(29(34)32-27)25-19(12-17-7-3-4-8-20(17)25)13-18-11-10-16-6-2-5-9-21(16)28(18)33/h2-12,14,25-26,33H,13H2,1H3,(H,32,34). The maximum atomic E-state index is 13.5. The van der Waals surface area contributed by atoms with E-state index in [-0.39, 0.29) is 17.7 Å². The first-order valence-electron chi connectivity index (χ1n) is 11.2. The van der Waals surface area contributed by atoms with Crippen LogP contribution in [0.3, 0.4) is 0 Å². The number of halogens is 2. The predicted molar refractivity (Wildman–Crippen MR) is 144 cm³/mol. The average Bonchev–Trinajstić information content (AvgIpc) is 3.36. The molecule has 5 heteroatoms. The molecule has 6 rings (SSSR count). The van der Waals surface area contributed by atoms with Crippen LogP contribution in [0.5, 0.6) is 5.75 Å². The number of phenolic OH excluding ortho intramolecular Hbond substituents is 1. The zero-order chi connectivity index (χ0) is 23.6. The Balaban J connectivity index is 1.49. The minimum atomic E-state index is -0.346. The Kier molecular flexibility index (Phi) is 5.16. The van der Waals surface area contributed by atoms with Crippen LogP contribution in [0.15, 0.2) is 81.2 Å². The number of rotatable bonds is 3. The van der Waals surface area contributed by atoms with Crippen LogP contribution >= 0.6 is 31.9 Å². The van der Waals surface area contributed by atoms with Gasteiger partial charge in [-0.1, -0.05) is 88.2 Å². The highest BCUT2D eigenvalue weighted by Crippen LogP contribution is 2.54. The molecule has 0 radical (unpaired) electrons. The van der Waals surface area contributed by atoms with Crippen molar-refractivity contribution in [2.24, 2.45) is 0 Å². The molecule has 4 aromatic carbocycles. The molecule has 0 bridgehead atoms. The zero-order valence-electron chi connectivity index (χ0n) is 18.4. The van der Waals surface area contributed by atoms with Crippen LogP contribution in [-0.4, -0.2) is 11.0 Å². The van der Waals surface area contributed by atoms with Crippen LogP contribution < -0.4 is 5.32 Å². The van der Waals surface area contributed by atoms with Crippen LogP contribution in [0, 0.1) is 6.92 Å². The van der Waals surface area contributed by atoms with Crippen molar-refractivity contribution in [3.8, 4) is 5.75 Å². The Hall–Kier alpha value is -2.89. The van der Waals surface area contributed by atoms with E-state index >= 15 is 0 Å². The monoisotopic (exact) mass is 573 g/mol. The SMILES string of the molecule is Cc1c(Br)cc(Br)c2c1C(C1C(Cc3ccc4ccccc4c3O)=Cc3ccccc31)C(=O)N2. The Labute approximate surface area is 214 Å². The number of carbonyl (C=O) groups excluding carboxylic acids is 1. The highest BCUT2D eigenvalue weighted by molar-refractivity contribution is 9.11. The van der Waals surface area contributed by atoms with E-state index in [1.54, 1.807) is 0 Å². The number of amides is 1. The summed E-state index contributed by atoms with van der Waals surface area (Å²) in [7, 11) is 0. The van der Waals surface area contributed by atoms with Crippen molar-refractivity contribution >= 4 is 60.3 Å². The van der Waals surface area contributed by atoms with Gasteiger partial charge in [-0.3, -0.25) is 4.79 Å². The Morgan fingerprint density at radius 2 is 1.71 bits per heavy atom. The number of carbonyl (C=O) groups is 1. The summed E-state index contributed by atoms with van der Waals surface area (Å²) in [6.45, 7) is 2.06. The van der Waals surface area contributed by atoms with Gasteiger partial charge in [0.2, 0.25) is 5.91 Å². The zero-order valence-corrected chi connectivity index (χ0v) is 21.6. The van der Waals surface area contributed by atoms with Crippen LogP contribution in [0.1, 0.15) is 39.7 Å². The molecule has 3 nitrogen and oxygen atoms in total. The molecular formula is C29H21Br2NO2. The summed E-state index contributed by atoms with van der Waals surface area (Å²) in [5.74, 6) is -0.136. The van der Waals surface area contributed by atoms with Crippen molar-refractivity contribution < 1.29 is 9.90 Å². The number of anilines is 1. The largest absolute Gasteiger partial charge is 0.507 e. The molecule has 2 unspecified atom stereocenters. The third kappa shape index (κ3) is 3.25. The molecule has 2 aliphatic rings. The molecule has 0 spiro atoms. The summed E-state index contributed by atoms with van der Waals surface area (Å²) in [5, 5.41) is 16.1. The van der Waals surface area contributed by atoms with E-state index in [0.29, 0.717) is 12.2 Å². The maximum Gasteiger partial charge on any atom is 0.233 e. The van der Waals surface area contributed by atoms with Crippen LogP contribution in [0.2, 0.25) is 0 Å². The van der Waals surface area contributed by atoms with E-state index in [2.05, 4.69) is 68.4 Å². The van der Waals surface area contributed by atoms with E-state index < -0.39 is 0 Å². The summed E-state index contributed by atoms with van der Waals surface area (Å²) < 4.78 is 1.85. The molecule has 1 aliphatic carbocycles. The first-order chi connectivity index (χ1) is 16.4. The maximum absolute atomic E-state index is 13.5. The highest BCUT2D eigenvalue weighted by Gasteiger charge is 2.44. The van der Waals surface area contributed by atoms with Crippen LogP contribution in [0.4, 0.5) is 5.69 Å². The number of phenols is 1. The van der Waals surface area contributed by atoms with Gasteiger partial charge in [0.15, 0.2) is 0 Å². The normalized spacial score (nSPS) is 18.6. The molecule has 1 heterocycles. The third-order valence-corrected chi connectivity index (χ3v) is 8.60. The van der Waals surface area contributed by atoms with Crippen molar-refractivity contribution in [1.29, 1.82) is 0 Å². The fourth-order valence-corrected chi connectivity index (χ4v) is 6.83. The summed E-state index contributed by atoms with van der Waals surface area (Å²) >= 11 is 7.31. The number of fused-ring (bicyclic) bond motifs is 3. The first-order valence-corrected chi connectivity index (χ1v) is 12.8. The summed E-state index contributed by atoms with van der Waals surface area (Å²) in [5.41, 5.74) is 7.24. The second-order valence-corrected chi connectivity index (χ2v) is 10.7. The van der Waals surface area contributed by atoms with Gasteiger partial charge in [-0.05, 0) is 68.5 Å². The van der Waals surface area contributed by atoms with Crippen LogP contribution in [-0.2, 0) is 11.2 Å². The summed E-state index contributed by atoms with van der Waals surface area (Å²) in [4.78, 5) is 13.5. The van der Waals surface area contributed by atoms with Crippen LogP contribution in [0.25, 0.3) is 16.8 Å². The third-order valence-electron chi connectivity index (χ3n) is 7.15. The Bertz CT molecular complexity index is 1540. The molecule has 4 aromatic rings. The Morgan fingerprint density at radius 1 is 0.941 bits per heavy atom. The van der Waals surface area contributed by atoms with Gasteiger partial charge < -0.3 is 10.4 Å². The molecule has 1 amide bonds. The fourth-order valence-electron chi connectivity index (χ4n) is 5.53. The average molecular weight is 575 g/mol. The fraction of sp³-hybridized carbons (Fsp3) is 0.138. The van der Waals surface area contributed by atoms with E-state index in [0.717, 1.165) is 58.8 Å². The van der Waals surface area contributed by atoms with Gasteiger partial charge in [0.1, 0.15) is 5.75 Å². The molecule has 168 valence electrons. The topological polar surface area (TPSA) is 49.3 Å². The van der Waals surface area contributed by atoms with Gasteiger partial charge in [-0.15, -0.1) is 0 Å². The molecule has 2 N–H and O–H groups in total. The second-order valence-electron chi connectivity index (χ2n) is 9.02. The van der Waals surface area contributed by atoms with E-state index in [1.165, 1.54) is 0 Å². The predicted octanol–water partition coefficient (Wildman–Crippen LogP) is 7.84. The summed E-state index contributed by atoms with van der Waals surface area (Å²) in [6, 6.07) is 22.2. The van der Waals surface area contributed by atoms with Gasteiger partial charge in [0, 0.05) is 20.2 Å². The molecule has 0 aromatic heterocycles. The van der Waals surface area contributed by atoms with E-state index in [4.69, 9.17) is 0 Å². The number of nitrogens with one attached hydrogen (secondary N) is 1. The molecule has 1 aliphatic heterocycles. The van der Waals surface area contributed by atoms with Gasteiger partial charge in [-0.2, -0.15) is 0 Å². The van der Waals surface area contributed by atoms with Gasteiger partial charge in [-0.25, -0.2) is 0 Å². The van der Waals surface area contributed by atoms with Gasteiger partial charge >= 0.3 is 0 Å². The van der Waals surface area contributed by atoms with Gasteiger partial charge in [0.25, 0.3) is 0 Å². The first kappa shape index (κ1) is 21.6. The van der Waals surface area contributed by atoms with Crippen molar-refractivity contribution in [2.45, 2.75) is 25.2 Å². The number of benzene rings is 4. The quantitative estimate of drug-likeness (QED) is 0.262. The van der Waals surface area contributed by atoms with Crippen molar-refractivity contribution in [3.63, 3.8) is 0 Å². The molecule has 0 saturated carbocycles. The lowest BCUT2D eigenvalue weighted by Gasteiger charge is -2.24. The smallest absolute Gasteiger partial charge is 0.233 e. The van der Waals surface area contributed by atoms with Gasteiger partial charge in [0.05, 0.1) is 11.6 Å². The highest BCUT2D eigenvalue weighted by atomic mass is 79.9. The van der Waals surface area contributed by atoms with E-state index in [1.807, 2.05) is 48.5 Å². The minimum absolute atomic E-state index is 0.00670. The number of hydrogen-bond donors (Lipinski definition) is 2. The molecular weight excluding hydrogens is 554 g/mol. The van der Waals surface area contributed by atoms with Crippen molar-refractivity contribution in [2.75, 3.05) is 5.32 Å². The van der Waals surface area contributed by atoms with Crippen molar-refractivity contribution in [1.82, 2.24) is 0 Å². The lowest BCUT2D eigenvalue weighted by Crippen LogP contribution is -2.21. The molecule has 0 fully saturated rings.